The van der Waals surface area contributed by atoms with Crippen LogP contribution in [0, 0.1) is 0 Å². The number of hydrogen-bond donors (Lipinski definition) is 0. The monoisotopic (exact) mass is 696 g/mol. The van der Waals surface area contributed by atoms with Gasteiger partial charge in [-0.25, -0.2) is 0 Å². The molecular formula is C44H48O4Si2. The van der Waals surface area contributed by atoms with E-state index in [2.05, 4.69) is 93.6 Å². The summed E-state index contributed by atoms with van der Waals surface area (Å²) in [5.74, 6) is 0.121. The minimum atomic E-state index is -3.41. The summed E-state index contributed by atoms with van der Waals surface area (Å²) >= 11 is 0. The lowest BCUT2D eigenvalue weighted by atomic mass is 10.1. The Morgan fingerprint density at radius 2 is 0.740 bits per heavy atom. The first-order valence-corrected chi connectivity index (χ1v) is 19.8. The van der Waals surface area contributed by atoms with Crippen molar-refractivity contribution >= 4 is 35.2 Å². The molecule has 0 spiro atoms. The molecule has 0 aliphatic heterocycles. The van der Waals surface area contributed by atoms with Crippen LogP contribution in [0.1, 0.15) is 73.1 Å². The lowest BCUT2D eigenvalue weighted by Gasteiger charge is -2.37. The lowest BCUT2D eigenvalue weighted by molar-refractivity contribution is 0.000980. The smallest absolute Gasteiger partial charge is 0.363 e. The van der Waals surface area contributed by atoms with E-state index in [9.17, 15) is 4.79 Å². The van der Waals surface area contributed by atoms with E-state index in [4.69, 9.17) is 13.3 Å². The standard InChI is InChI=1S/C30H32O3Si.C8H8O.C6H8Si/c1-24(27-16-8-4-9-17-27)31-34(30-22-14-7-15-23-30,32-25(2)28-18-10-5-11-19-28)33-26(3)29-20-12-6-13-21-29;1-7(9)8-5-3-2-4-6-8;7-6-4-2-1-3-5-6/h4-26H,1-3H3;2-6H,1H3;1-5H,7H3. The highest BCUT2D eigenvalue weighted by molar-refractivity contribution is 6.75. The van der Waals surface area contributed by atoms with Gasteiger partial charge in [0, 0.05) is 21.0 Å². The predicted molar refractivity (Wildman–Crippen MR) is 212 cm³/mol. The van der Waals surface area contributed by atoms with Crippen molar-refractivity contribution in [2.45, 2.75) is 46.0 Å². The largest absolute Gasteiger partial charge is 0.538 e. The fourth-order valence-electron chi connectivity index (χ4n) is 5.21. The zero-order valence-electron chi connectivity index (χ0n) is 29.7. The van der Waals surface area contributed by atoms with Crippen molar-refractivity contribution in [1.29, 1.82) is 0 Å². The second-order valence-electron chi connectivity index (χ2n) is 12.0. The first kappa shape index (κ1) is 38.1. The van der Waals surface area contributed by atoms with Crippen molar-refractivity contribution in [1.82, 2.24) is 0 Å². The predicted octanol–water partition coefficient (Wildman–Crippen LogP) is 8.73. The third-order valence-corrected chi connectivity index (χ3v) is 11.7. The average molecular weight is 697 g/mol. The quantitative estimate of drug-likeness (QED) is 0.100. The van der Waals surface area contributed by atoms with Gasteiger partial charge >= 0.3 is 8.80 Å². The van der Waals surface area contributed by atoms with Crippen LogP contribution in [0.5, 0.6) is 0 Å². The summed E-state index contributed by atoms with van der Waals surface area (Å²) in [6.45, 7) is 7.75. The van der Waals surface area contributed by atoms with E-state index >= 15 is 0 Å². The summed E-state index contributed by atoms with van der Waals surface area (Å²) in [5.41, 5.74) is 4.03. The maximum absolute atomic E-state index is 10.6. The van der Waals surface area contributed by atoms with Crippen LogP contribution in [-0.2, 0) is 13.3 Å². The van der Waals surface area contributed by atoms with E-state index in [0.717, 1.165) is 27.4 Å². The van der Waals surface area contributed by atoms with Crippen LogP contribution < -0.4 is 10.4 Å². The molecule has 256 valence electrons. The summed E-state index contributed by atoms with van der Waals surface area (Å²) in [5, 5.41) is 2.41. The Morgan fingerprint density at radius 1 is 0.460 bits per heavy atom. The van der Waals surface area contributed by atoms with Crippen molar-refractivity contribution in [3.05, 3.63) is 204 Å². The fraction of sp³-hybridized carbons (Fsp3) is 0.159. The van der Waals surface area contributed by atoms with Crippen LogP contribution in [0.3, 0.4) is 0 Å². The minimum absolute atomic E-state index is 0.121. The Kier molecular flexibility index (Phi) is 15.3. The molecule has 0 aliphatic carbocycles. The number of carbonyl (C=O) groups is 1. The van der Waals surface area contributed by atoms with Crippen molar-refractivity contribution in [2.24, 2.45) is 0 Å². The third kappa shape index (κ3) is 12.0. The molecule has 0 heterocycles. The molecule has 6 rings (SSSR count). The first-order chi connectivity index (χ1) is 24.3. The third-order valence-electron chi connectivity index (χ3n) is 8.05. The van der Waals surface area contributed by atoms with E-state index in [-0.39, 0.29) is 24.1 Å². The number of hydrogen-bond acceptors (Lipinski definition) is 4. The lowest BCUT2D eigenvalue weighted by Crippen LogP contribution is -2.57. The van der Waals surface area contributed by atoms with E-state index in [1.165, 1.54) is 15.4 Å². The highest BCUT2D eigenvalue weighted by Gasteiger charge is 2.48. The van der Waals surface area contributed by atoms with Crippen LogP contribution in [0.15, 0.2) is 182 Å². The van der Waals surface area contributed by atoms with Crippen molar-refractivity contribution in [3.63, 3.8) is 0 Å². The maximum Gasteiger partial charge on any atom is 0.538 e. The van der Waals surface area contributed by atoms with Gasteiger partial charge in [-0.15, -0.1) is 0 Å². The zero-order chi connectivity index (χ0) is 35.6. The molecule has 0 saturated heterocycles. The van der Waals surface area contributed by atoms with Gasteiger partial charge in [-0.1, -0.05) is 187 Å². The summed E-state index contributed by atoms with van der Waals surface area (Å²) < 4.78 is 20.7. The van der Waals surface area contributed by atoms with Gasteiger partial charge in [-0.05, 0) is 44.4 Å². The van der Waals surface area contributed by atoms with Crippen LogP contribution in [0.4, 0.5) is 0 Å². The molecule has 0 aromatic heterocycles. The molecule has 0 fully saturated rings. The molecule has 0 saturated carbocycles. The van der Waals surface area contributed by atoms with Gasteiger partial charge in [0.15, 0.2) is 5.78 Å². The molecular weight excluding hydrogens is 649 g/mol. The minimum Gasteiger partial charge on any atom is -0.363 e. The second-order valence-corrected chi connectivity index (χ2v) is 15.6. The SMILES string of the molecule is CC(=O)c1ccccc1.CC(O[Si](OC(C)c1ccccc1)(OC(C)c1ccccc1)c1ccccc1)c1ccccc1.[SiH3]c1ccccc1. The summed E-state index contributed by atoms with van der Waals surface area (Å²) in [4.78, 5) is 10.6. The number of Topliss-reactive ketones (excluding diaryl/α,β-unsaturated/α-hetero) is 1. The van der Waals surface area contributed by atoms with Gasteiger partial charge in [-0.2, -0.15) is 0 Å². The van der Waals surface area contributed by atoms with E-state index in [1.807, 2.05) is 109 Å². The van der Waals surface area contributed by atoms with Crippen LogP contribution >= 0.6 is 0 Å². The number of ketones is 1. The van der Waals surface area contributed by atoms with Crippen molar-refractivity contribution in [3.8, 4) is 0 Å². The average Bonchev–Trinajstić information content (AvgIpc) is 3.17. The molecule has 6 aromatic rings. The fourth-order valence-corrected chi connectivity index (χ4v) is 8.58. The maximum atomic E-state index is 10.6. The molecule has 0 radical (unpaired) electrons. The van der Waals surface area contributed by atoms with E-state index < -0.39 is 8.80 Å². The zero-order valence-corrected chi connectivity index (χ0v) is 32.7. The van der Waals surface area contributed by atoms with E-state index in [0.29, 0.717) is 0 Å². The molecule has 6 aromatic carbocycles. The molecule has 0 N–H and O–H groups in total. The number of rotatable bonds is 11. The Balaban J connectivity index is 0.000000286. The van der Waals surface area contributed by atoms with Gasteiger partial charge in [0.05, 0.1) is 18.3 Å². The van der Waals surface area contributed by atoms with Gasteiger partial charge in [0.25, 0.3) is 0 Å². The second kappa shape index (κ2) is 20.1. The van der Waals surface area contributed by atoms with E-state index in [1.54, 1.807) is 6.92 Å². The van der Waals surface area contributed by atoms with Crippen LogP contribution in [0.2, 0.25) is 0 Å². The highest BCUT2D eigenvalue weighted by Crippen LogP contribution is 2.32. The molecule has 3 unspecified atom stereocenters. The Bertz CT molecular complexity index is 1670. The van der Waals surface area contributed by atoms with Gasteiger partial charge in [0.2, 0.25) is 0 Å². The van der Waals surface area contributed by atoms with Gasteiger partial charge < -0.3 is 13.3 Å². The number of benzene rings is 6. The molecule has 3 atom stereocenters. The summed E-state index contributed by atoms with van der Waals surface area (Å²) in [6.07, 6.45) is -0.628. The molecule has 0 amide bonds. The van der Waals surface area contributed by atoms with Crippen molar-refractivity contribution in [2.75, 3.05) is 0 Å². The molecule has 0 bridgehead atoms. The molecule has 6 heteroatoms. The highest BCUT2D eigenvalue weighted by atomic mass is 28.4. The normalized spacial score (nSPS) is 13.6. The molecule has 4 nitrogen and oxygen atoms in total. The topological polar surface area (TPSA) is 44.8 Å². The summed E-state index contributed by atoms with van der Waals surface area (Å²) in [7, 11) is -2.24. The van der Waals surface area contributed by atoms with Crippen LogP contribution in [-0.4, -0.2) is 24.8 Å². The van der Waals surface area contributed by atoms with Crippen molar-refractivity contribution < 1.29 is 18.1 Å². The Hall–Kier alpha value is -4.70. The first-order valence-electron chi connectivity index (χ1n) is 17.1. The Labute approximate surface area is 302 Å². The molecule has 50 heavy (non-hydrogen) atoms. The summed E-state index contributed by atoms with van der Waals surface area (Å²) in [6, 6.07) is 60.5. The molecule has 0 aliphatic rings. The Morgan fingerprint density at radius 3 is 1.00 bits per heavy atom. The number of carbonyl (C=O) groups excluding carboxylic acids is 1. The van der Waals surface area contributed by atoms with Gasteiger partial charge in [-0.3, -0.25) is 4.79 Å². The van der Waals surface area contributed by atoms with Gasteiger partial charge in [0.1, 0.15) is 0 Å². The van der Waals surface area contributed by atoms with Crippen LogP contribution in [0.25, 0.3) is 0 Å².